The highest BCUT2D eigenvalue weighted by Crippen LogP contribution is 2.45. The lowest BCUT2D eigenvalue weighted by molar-refractivity contribution is -0.0427. The van der Waals surface area contributed by atoms with E-state index in [1.807, 2.05) is 0 Å². The number of ether oxygens (including phenoxy) is 1. The standard InChI is InChI=1S/C15H30N2O/c1-12(2)14-7-15(8-14,11-16)17(3)9-13-5-4-6-18-10-13/h12-14H,4-11,16H2,1-3H3. The molecular formula is C15H30N2O. The molecule has 1 atom stereocenters. The van der Waals surface area contributed by atoms with Gasteiger partial charge in [-0.05, 0) is 50.5 Å². The number of hydrogen-bond donors (Lipinski definition) is 1. The zero-order chi connectivity index (χ0) is 13.2. The molecule has 0 aromatic carbocycles. The maximum absolute atomic E-state index is 6.06. The number of likely N-dealkylation sites (N-methyl/N-ethyl adjacent to an activating group) is 1. The SMILES string of the molecule is CC(C)C1CC(CN)(N(C)CC2CCCOC2)C1. The Balaban J connectivity index is 1.84. The molecule has 1 aliphatic heterocycles. The van der Waals surface area contributed by atoms with Crippen LogP contribution in [0.2, 0.25) is 0 Å². The normalized spacial score (nSPS) is 37.0. The Bertz CT molecular complexity index is 255. The first-order valence-electron chi connectivity index (χ1n) is 7.56. The van der Waals surface area contributed by atoms with E-state index in [0.717, 1.165) is 38.1 Å². The molecule has 2 N–H and O–H groups in total. The predicted molar refractivity (Wildman–Crippen MR) is 75.5 cm³/mol. The lowest BCUT2D eigenvalue weighted by atomic mass is 9.63. The van der Waals surface area contributed by atoms with Crippen LogP contribution in [-0.2, 0) is 4.74 Å². The van der Waals surface area contributed by atoms with Crippen molar-refractivity contribution in [2.24, 2.45) is 23.5 Å². The van der Waals surface area contributed by atoms with Crippen molar-refractivity contribution in [1.82, 2.24) is 4.90 Å². The Kier molecular flexibility index (Phi) is 4.68. The number of nitrogens with two attached hydrogens (primary N) is 1. The van der Waals surface area contributed by atoms with Crippen LogP contribution in [0.5, 0.6) is 0 Å². The first-order chi connectivity index (χ1) is 8.57. The number of rotatable bonds is 5. The minimum atomic E-state index is 0.284. The topological polar surface area (TPSA) is 38.5 Å². The third-order valence-electron chi connectivity index (χ3n) is 5.20. The summed E-state index contributed by atoms with van der Waals surface area (Å²) in [6, 6.07) is 0. The molecule has 1 aliphatic carbocycles. The summed E-state index contributed by atoms with van der Waals surface area (Å²) < 4.78 is 5.58. The van der Waals surface area contributed by atoms with Crippen molar-refractivity contribution in [3.05, 3.63) is 0 Å². The van der Waals surface area contributed by atoms with Gasteiger partial charge in [0, 0.05) is 25.2 Å². The molecule has 2 fully saturated rings. The molecule has 18 heavy (non-hydrogen) atoms. The molecule has 1 heterocycles. The van der Waals surface area contributed by atoms with Crippen LogP contribution in [-0.4, -0.2) is 43.8 Å². The number of hydrogen-bond acceptors (Lipinski definition) is 3. The van der Waals surface area contributed by atoms with Crippen molar-refractivity contribution in [2.75, 3.05) is 33.4 Å². The smallest absolute Gasteiger partial charge is 0.0506 e. The van der Waals surface area contributed by atoms with Gasteiger partial charge < -0.3 is 10.5 Å². The fraction of sp³-hybridized carbons (Fsp3) is 1.00. The van der Waals surface area contributed by atoms with E-state index in [2.05, 4.69) is 25.8 Å². The molecule has 3 nitrogen and oxygen atoms in total. The Morgan fingerprint density at radius 3 is 2.61 bits per heavy atom. The lowest BCUT2D eigenvalue weighted by Gasteiger charge is -2.55. The van der Waals surface area contributed by atoms with Gasteiger partial charge in [-0.1, -0.05) is 13.8 Å². The molecule has 0 spiro atoms. The molecule has 1 unspecified atom stereocenters. The first kappa shape index (κ1) is 14.3. The van der Waals surface area contributed by atoms with Crippen LogP contribution in [0.4, 0.5) is 0 Å². The largest absolute Gasteiger partial charge is 0.381 e. The summed E-state index contributed by atoms with van der Waals surface area (Å²) in [6.45, 7) is 8.53. The molecule has 1 saturated heterocycles. The van der Waals surface area contributed by atoms with Gasteiger partial charge in [-0.2, -0.15) is 0 Å². The van der Waals surface area contributed by atoms with Crippen LogP contribution in [0.25, 0.3) is 0 Å². The van der Waals surface area contributed by atoms with Crippen molar-refractivity contribution < 1.29 is 4.74 Å². The Morgan fingerprint density at radius 2 is 2.11 bits per heavy atom. The van der Waals surface area contributed by atoms with E-state index in [9.17, 15) is 0 Å². The molecule has 0 radical (unpaired) electrons. The van der Waals surface area contributed by atoms with E-state index in [0.29, 0.717) is 5.92 Å². The molecule has 106 valence electrons. The summed E-state index contributed by atoms with van der Waals surface area (Å²) in [7, 11) is 2.26. The van der Waals surface area contributed by atoms with Gasteiger partial charge in [-0.3, -0.25) is 4.90 Å². The maximum atomic E-state index is 6.06. The second kappa shape index (κ2) is 5.89. The van der Waals surface area contributed by atoms with Crippen molar-refractivity contribution in [1.29, 1.82) is 0 Å². The highest BCUT2D eigenvalue weighted by Gasteiger charge is 2.47. The quantitative estimate of drug-likeness (QED) is 0.816. The van der Waals surface area contributed by atoms with Gasteiger partial charge >= 0.3 is 0 Å². The fourth-order valence-corrected chi connectivity index (χ4v) is 3.55. The van der Waals surface area contributed by atoms with E-state index in [1.54, 1.807) is 0 Å². The summed E-state index contributed by atoms with van der Waals surface area (Å²) in [5.74, 6) is 2.39. The zero-order valence-corrected chi connectivity index (χ0v) is 12.3. The third kappa shape index (κ3) is 2.89. The van der Waals surface area contributed by atoms with Crippen LogP contribution in [0, 0.1) is 17.8 Å². The van der Waals surface area contributed by atoms with Crippen molar-refractivity contribution in [3.63, 3.8) is 0 Å². The van der Waals surface area contributed by atoms with Gasteiger partial charge in [0.1, 0.15) is 0 Å². The number of nitrogens with zero attached hydrogens (tertiary/aromatic N) is 1. The molecule has 2 aliphatic rings. The van der Waals surface area contributed by atoms with Crippen LogP contribution in [0.15, 0.2) is 0 Å². The highest BCUT2D eigenvalue weighted by molar-refractivity contribution is 5.03. The van der Waals surface area contributed by atoms with Crippen LogP contribution in [0.3, 0.4) is 0 Å². The van der Waals surface area contributed by atoms with E-state index in [-0.39, 0.29) is 5.54 Å². The third-order valence-corrected chi connectivity index (χ3v) is 5.20. The van der Waals surface area contributed by atoms with Crippen molar-refractivity contribution in [3.8, 4) is 0 Å². The first-order valence-corrected chi connectivity index (χ1v) is 7.56. The summed E-state index contributed by atoms with van der Waals surface area (Å²) in [4.78, 5) is 2.53. The average molecular weight is 254 g/mol. The monoisotopic (exact) mass is 254 g/mol. The molecule has 0 amide bonds. The molecule has 3 heteroatoms. The highest BCUT2D eigenvalue weighted by atomic mass is 16.5. The van der Waals surface area contributed by atoms with Gasteiger partial charge in [0.2, 0.25) is 0 Å². The molecule has 0 aromatic heterocycles. The van der Waals surface area contributed by atoms with Gasteiger partial charge in [0.15, 0.2) is 0 Å². The van der Waals surface area contributed by atoms with Gasteiger partial charge in [0.05, 0.1) is 6.61 Å². The summed E-state index contributed by atoms with van der Waals surface area (Å²) >= 11 is 0. The van der Waals surface area contributed by atoms with E-state index < -0.39 is 0 Å². The maximum Gasteiger partial charge on any atom is 0.0506 e. The summed E-state index contributed by atoms with van der Waals surface area (Å²) in [5, 5.41) is 0. The van der Waals surface area contributed by atoms with Crippen molar-refractivity contribution in [2.45, 2.75) is 45.1 Å². The molecular weight excluding hydrogens is 224 g/mol. The minimum absolute atomic E-state index is 0.284. The Labute approximate surface area is 112 Å². The molecule has 2 rings (SSSR count). The van der Waals surface area contributed by atoms with Gasteiger partial charge in [-0.25, -0.2) is 0 Å². The van der Waals surface area contributed by atoms with E-state index >= 15 is 0 Å². The van der Waals surface area contributed by atoms with Crippen LogP contribution < -0.4 is 5.73 Å². The average Bonchev–Trinajstić information content (AvgIpc) is 2.29. The Morgan fingerprint density at radius 1 is 1.39 bits per heavy atom. The predicted octanol–water partition coefficient (Wildman–Crippen LogP) is 2.11. The van der Waals surface area contributed by atoms with E-state index in [1.165, 1.54) is 25.7 Å². The van der Waals surface area contributed by atoms with Crippen LogP contribution >= 0.6 is 0 Å². The minimum Gasteiger partial charge on any atom is -0.381 e. The van der Waals surface area contributed by atoms with Gasteiger partial charge in [0.25, 0.3) is 0 Å². The summed E-state index contributed by atoms with van der Waals surface area (Å²) in [6.07, 6.45) is 5.11. The summed E-state index contributed by atoms with van der Waals surface area (Å²) in [5.41, 5.74) is 6.35. The molecule has 0 aromatic rings. The second-order valence-corrected chi connectivity index (χ2v) is 6.80. The van der Waals surface area contributed by atoms with Crippen LogP contribution in [0.1, 0.15) is 39.5 Å². The molecule has 1 saturated carbocycles. The zero-order valence-electron chi connectivity index (χ0n) is 12.3. The Hall–Kier alpha value is -0.120. The second-order valence-electron chi connectivity index (χ2n) is 6.80. The fourth-order valence-electron chi connectivity index (χ4n) is 3.55. The lowest BCUT2D eigenvalue weighted by Crippen LogP contribution is -2.62. The van der Waals surface area contributed by atoms with Gasteiger partial charge in [-0.15, -0.1) is 0 Å². The van der Waals surface area contributed by atoms with Crippen molar-refractivity contribution >= 4 is 0 Å². The van der Waals surface area contributed by atoms with E-state index in [4.69, 9.17) is 10.5 Å². The molecule has 0 bridgehead atoms.